The van der Waals surface area contributed by atoms with Crippen LogP contribution in [0.5, 0.6) is 0 Å². The molecule has 3 rings (SSSR count). The standard InChI is InChI=1S/C15H18BrNO2S/c16-13-5-9(14-6-11(7-17-14)15(18)19)1-2-12(13)10-3-4-20-8-10/h1-2,5,10-11,14,17H,3-4,6-8H2,(H,18,19). The number of carbonyl (C=O) groups is 1. The van der Waals surface area contributed by atoms with Crippen molar-refractivity contribution in [3.63, 3.8) is 0 Å². The average molecular weight is 356 g/mol. The molecule has 0 bridgehead atoms. The van der Waals surface area contributed by atoms with Crippen molar-refractivity contribution in [3.8, 4) is 0 Å². The van der Waals surface area contributed by atoms with Crippen LogP contribution in [0, 0.1) is 5.92 Å². The summed E-state index contributed by atoms with van der Waals surface area (Å²) in [6, 6.07) is 6.70. The third-order valence-electron chi connectivity index (χ3n) is 4.28. The van der Waals surface area contributed by atoms with Crippen molar-refractivity contribution >= 4 is 33.7 Å². The summed E-state index contributed by atoms with van der Waals surface area (Å²) in [4.78, 5) is 11.0. The summed E-state index contributed by atoms with van der Waals surface area (Å²) in [5, 5.41) is 12.4. The average Bonchev–Trinajstić information content (AvgIpc) is 3.10. The van der Waals surface area contributed by atoms with Crippen molar-refractivity contribution < 1.29 is 9.90 Å². The molecule has 20 heavy (non-hydrogen) atoms. The predicted octanol–water partition coefficient (Wildman–Crippen LogP) is 3.40. The Labute approximate surface area is 131 Å². The van der Waals surface area contributed by atoms with Crippen molar-refractivity contribution in [2.24, 2.45) is 5.92 Å². The molecule has 0 spiro atoms. The molecule has 3 unspecified atom stereocenters. The lowest BCUT2D eigenvalue weighted by atomic mass is 9.94. The molecular formula is C15H18BrNO2S. The Hall–Kier alpha value is -0.520. The molecule has 3 atom stereocenters. The molecule has 2 heterocycles. The Kier molecular flexibility index (Phi) is 4.38. The Balaban J connectivity index is 1.75. The van der Waals surface area contributed by atoms with E-state index < -0.39 is 5.97 Å². The fourth-order valence-electron chi connectivity index (χ4n) is 3.05. The number of hydrogen-bond acceptors (Lipinski definition) is 3. The third-order valence-corrected chi connectivity index (χ3v) is 6.13. The van der Waals surface area contributed by atoms with Gasteiger partial charge in [-0.2, -0.15) is 11.8 Å². The minimum Gasteiger partial charge on any atom is -0.481 e. The summed E-state index contributed by atoms with van der Waals surface area (Å²) >= 11 is 5.72. The fourth-order valence-corrected chi connectivity index (χ4v) is 5.02. The number of carboxylic acids is 1. The van der Waals surface area contributed by atoms with E-state index in [0.717, 1.165) is 0 Å². The van der Waals surface area contributed by atoms with Gasteiger partial charge in [-0.1, -0.05) is 28.1 Å². The van der Waals surface area contributed by atoms with Crippen molar-refractivity contribution in [1.29, 1.82) is 0 Å². The molecule has 2 saturated heterocycles. The van der Waals surface area contributed by atoms with E-state index in [9.17, 15) is 4.79 Å². The zero-order valence-electron chi connectivity index (χ0n) is 11.1. The Morgan fingerprint density at radius 3 is 2.90 bits per heavy atom. The molecule has 3 nitrogen and oxygen atoms in total. The summed E-state index contributed by atoms with van der Waals surface area (Å²) < 4.78 is 1.17. The summed E-state index contributed by atoms with van der Waals surface area (Å²) in [6.07, 6.45) is 1.94. The number of benzene rings is 1. The molecule has 0 radical (unpaired) electrons. The van der Waals surface area contributed by atoms with Gasteiger partial charge in [0.05, 0.1) is 5.92 Å². The second-order valence-corrected chi connectivity index (χ2v) is 7.58. The maximum atomic E-state index is 11.0. The largest absolute Gasteiger partial charge is 0.481 e. The summed E-state index contributed by atoms with van der Waals surface area (Å²) in [7, 11) is 0. The van der Waals surface area contributed by atoms with Gasteiger partial charge in [-0.25, -0.2) is 0 Å². The maximum absolute atomic E-state index is 11.0. The molecular weight excluding hydrogens is 338 g/mol. The molecule has 0 amide bonds. The van der Waals surface area contributed by atoms with Gasteiger partial charge in [0.2, 0.25) is 0 Å². The highest BCUT2D eigenvalue weighted by molar-refractivity contribution is 9.10. The van der Waals surface area contributed by atoms with Crippen molar-refractivity contribution in [1.82, 2.24) is 5.32 Å². The van der Waals surface area contributed by atoms with Crippen LogP contribution in [0.2, 0.25) is 0 Å². The predicted molar refractivity (Wildman–Crippen MR) is 85.3 cm³/mol. The van der Waals surface area contributed by atoms with Gasteiger partial charge in [0.25, 0.3) is 0 Å². The van der Waals surface area contributed by atoms with Gasteiger partial charge in [0.15, 0.2) is 0 Å². The van der Waals surface area contributed by atoms with Crippen LogP contribution in [0.15, 0.2) is 22.7 Å². The summed E-state index contributed by atoms with van der Waals surface area (Å²) in [5.74, 6) is 2.17. The van der Waals surface area contributed by atoms with Gasteiger partial charge in [-0.15, -0.1) is 0 Å². The summed E-state index contributed by atoms with van der Waals surface area (Å²) in [5.41, 5.74) is 2.58. The number of carboxylic acid groups (broad SMARTS) is 1. The van der Waals surface area contributed by atoms with Gasteiger partial charge in [-0.05, 0) is 41.7 Å². The van der Waals surface area contributed by atoms with E-state index in [2.05, 4.69) is 39.4 Å². The maximum Gasteiger partial charge on any atom is 0.307 e. The smallest absolute Gasteiger partial charge is 0.307 e. The lowest BCUT2D eigenvalue weighted by Crippen LogP contribution is -2.17. The Morgan fingerprint density at radius 2 is 2.30 bits per heavy atom. The Bertz CT molecular complexity index is 517. The normalized spacial score (nSPS) is 29.8. The van der Waals surface area contributed by atoms with Gasteiger partial charge in [-0.3, -0.25) is 4.79 Å². The molecule has 2 fully saturated rings. The fraction of sp³-hybridized carbons (Fsp3) is 0.533. The SMILES string of the molecule is O=C(O)C1CNC(c2ccc(C3CCSC3)c(Br)c2)C1. The van der Waals surface area contributed by atoms with Crippen LogP contribution in [0.4, 0.5) is 0 Å². The van der Waals surface area contributed by atoms with Crippen molar-refractivity contribution in [3.05, 3.63) is 33.8 Å². The Morgan fingerprint density at radius 1 is 1.45 bits per heavy atom. The van der Waals surface area contributed by atoms with Gasteiger partial charge < -0.3 is 10.4 Å². The van der Waals surface area contributed by atoms with Crippen LogP contribution in [-0.4, -0.2) is 29.1 Å². The van der Waals surface area contributed by atoms with E-state index in [1.54, 1.807) is 0 Å². The van der Waals surface area contributed by atoms with Gasteiger partial charge >= 0.3 is 5.97 Å². The highest BCUT2D eigenvalue weighted by Gasteiger charge is 2.30. The molecule has 2 N–H and O–H groups in total. The molecule has 1 aromatic carbocycles. The molecule has 2 aliphatic rings. The molecule has 0 aliphatic carbocycles. The molecule has 1 aromatic rings. The first-order valence-electron chi connectivity index (χ1n) is 6.98. The summed E-state index contributed by atoms with van der Waals surface area (Å²) in [6.45, 7) is 0.568. The third kappa shape index (κ3) is 2.90. The first-order chi connectivity index (χ1) is 9.65. The van der Waals surface area contributed by atoms with Crippen LogP contribution in [-0.2, 0) is 4.79 Å². The zero-order valence-corrected chi connectivity index (χ0v) is 13.5. The first-order valence-corrected chi connectivity index (χ1v) is 8.93. The highest BCUT2D eigenvalue weighted by Crippen LogP contribution is 2.38. The highest BCUT2D eigenvalue weighted by atomic mass is 79.9. The van der Waals surface area contributed by atoms with Crippen LogP contribution in [0.3, 0.4) is 0 Å². The molecule has 108 valence electrons. The van der Waals surface area contributed by atoms with Crippen molar-refractivity contribution in [2.75, 3.05) is 18.1 Å². The quantitative estimate of drug-likeness (QED) is 0.872. The minimum atomic E-state index is -0.696. The lowest BCUT2D eigenvalue weighted by molar-refractivity contribution is -0.141. The van der Waals surface area contributed by atoms with Gasteiger partial charge in [0.1, 0.15) is 0 Å². The topological polar surface area (TPSA) is 49.3 Å². The van der Waals surface area contributed by atoms with Crippen molar-refractivity contribution in [2.45, 2.75) is 24.8 Å². The molecule has 2 aliphatic heterocycles. The molecule has 0 saturated carbocycles. The lowest BCUT2D eigenvalue weighted by Gasteiger charge is -2.16. The minimum absolute atomic E-state index is 0.166. The van der Waals surface area contributed by atoms with E-state index in [0.29, 0.717) is 18.9 Å². The van der Waals surface area contributed by atoms with E-state index in [-0.39, 0.29) is 12.0 Å². The number of rotatable bonds is 3. The molecule has 0 aromatic heterocycles. The number of hydrogen-bond donors (Lipinski definition) is 2. The van der Waals surface area contributed by atoms with E-state index in [4.69, 9.17) is 5.11 Å². The van der Waals surface area contributed by atoms with E-state index >= 15 is 0 Å². The zero-order chi connectivity index (χ0) is 14.1. The van der Waals surface area contributed by atoms with E-state index in [1.165, 1.54) is 33.5 Å². The second-order valence-electron chi connectivity index (χ2n) is 5.57. The number of aliphatic carboxylic acids is 1. The monoisotopic (exact) mass is 355 g/mol. The first kappa shape index (κ1) is 14.4. The van der Waals surface area contributed by atoms with Crippen LogP contribution in [0.1, 0.15) is 35.9 Å². The number of nitrogens with one attached hydrogen (secondary N) is 1. The van der Waals surface area contributed by atoms with Crippen LogP contribution >= 0.6 is 27.7 Å². The van der Waals surface area contributed by atoms with Crippen LogP contribution < -0.4 is 5.32 Å². The van der Waals surface area contributed by atoms with Crippen LogP contribution in [0.25, 0.3) is 0 Å². The van der Waals surface area contributed by atoms with Gasteiger partial charge in [0, 0.05) is 22.8 Å². The number of halogens is 1. The number of thioether (sulfide) groups is 1. The second kappa shape index (κ2) is 6.08. The molecule has 5 heteroatoms. The van der Waals surface area contributed by atoms with E-state index in [1.807, 2.05) is 11.8 Å².